The minimum absolute atomic E-state index is 0.134. The van der Waals surface area contributed by atoms with E-state index in [-0.39, 0.29) is 23.7 Å². The summed E-state index contributed by atoms with van der Waals surface area (Å²) in [5.74, 6) is 0.131. The third-order valence-electron chi connectivity index (χ3n) is 2.95. The highest BCUT2D eigenvalue weighted by atomic mass is 35.5. The molecule has 0 aliphatic carbocycles. The SMILES string of the molecule is CC(C)(C)C(COc1cc(Cl)cc(Cl)c1)CS(N)(=O)=O. The van der Waals surface area contributed by atoms with Crippen LogP contribution in [-0.2, 0) is 10.0 Å². The normalized spacial score (nSPS) is 14.1. The zero-order valence-electron chi connectivity index (χ0n) is 11.7. The van der Waals surface area contributed by atoms with E-state index in [0.717, 1.165) is 0 Å². The van der Waals surface area contributed by atoms with Crippen molar-refractivity contribution in [1.29, 1.82) is 0 Å². The van der Waals surface area contributed by atoms with E-state index in [0.29, 0.717) is 15.8 Å². The summed E-state index contributed by atoms with van der Waals surface area (Å²) in [4.78, 5) is 0. The smallest absolute Gasteiger partial charge is 0.209 e. The van der Waals surface area contributed by atoms with Gasteiger partial charge in [0.1, 0.15) is 5.75 Å². The lowest BCUT2D eigenvalue weighted by molar-refractivity contribution is 0.163. The van der Waals surface area contributed by atoms with Gasteiger partial charge in [-0.15, -0.1) is 0 Å². The monoisotopic (exact) mass is 339 g/mol. The number of nitrogens with two attached hydrogens (primary N) is 1. The Morgan fingerprint density at radius 1 is 1.20 bits per heavy atom. The van der Waals surface area contributed by atoms with Crippen molar-refractivity contribution in [3.05, 3.63) is 28.2 Å². The summed E-state index contributed by atoms with van der Waals surface area (Å²) in [5.41, 5.74) is -0.255. The average molecular weight is 340 g/mol. The van der Waals surface area contributed by atoms with Crippen molar-refractivity contribution in [2.75, 3.05) is 12.4 Å². The molecule has 0 bridgehead atoms. The van der Waals surface area contributed by atoms with Crippen molar-refractivity contribution in [3.63, 3.8) is 0 Å². The molecule has 1 aromatic rings. The second-order valence-corrected chi connectivity index (χ2v) is 8.34. The molecule has 0 heterocycles. The van der Waals surface area contributed by atoms with Gasteiger partial charge in [0.2, 0.25) is 10.0 Å². The highest BCUT2D eigenvalue weighted by molar-refractivity contribution is 7.89. The molecule has 1 aromatic carbocycles. The topological polar surface area (TPSA) is 69.4 Å². The summed E-state index contributed by atoms with van der Waals surface area (Å²) in [7, 11) is -3.56. The first-order chi connectivity index (χ1) is 8.97. The van der Waals surface area contributed by atoms with Crippen molar-refractivity contribution < 1.29 is 13.2 Å². The zero-order chi connectivity index (χ0) is 15.6. The lowest BCUT2D eigenvalue weighted by Crippen LogP contribution is -2.35. The van der Waals surface area contributed by atoms with Crippen LogP contribution in [0, 0.1) is 11.3 Å². The quantitative estimate of drug-likeness (QED) is 0.894. The van der Waals surface area contributed by atoms with Gasteiger partial charge in [0, 0.05) is 16.0 Å². The Morgan fingerprint density at radius 3 is 2.10 bits per heavy atom. The van der Waals surface area contributed by atoms with E-state index in [1.54, 1.807) is 18.2 Å². The van der Waals surface area contributed by atoms with Gasteiger partial charge in [-0.2, -0.15) is 0 Å². The molecule has 1 atom stereocenters. The molecule has 2 N–H and O–H groups in total. The van der Waals surface area contributed by atoms with Crippen LogP contribution in [0.3, 0.4) is 0 Å². The number of halogens is 2. The molecule has 0 fully saturated rings. The molecule has 1 unspecified atom stereocenters. The molecule has 4 nitrogen and oxygen atoms in total. The summed E-state index contributed by atoms with van der Waals surface area (Å²) in [6, 6.07) is 4.86. The van der Waals surface area contributed by atoms with Crippen LogP contribution in [0.5, 0.6) is 5.75 Å². The second kappa shape index (κ2) is 6.52. The largest absolute Gasteiger partial charge is 0.493 e. The Bertz CT molecular complexity index is 547. The minimum Gasteiger partial charge on any atom is -0.493 e. The number of primary sulfonamides is 1. The number of sulfonamides is 1. The molecule has 1 rings (SSSR count). The number of benzene rings is 1. The van der Waals surface area contributed by atoms with Gasteiger partial charge in [0.05, 0.1) is 12.4 Å². The number of hydrogen-bond acceptors (Lipinski definition) is 3. The van der Waals surface area contributed by atoms with Crippen molar-refractivity contribution in [2.24, 2.45) is 16.5 Å². The lowest BCUT2D eigenvalue weighted by atomic mass is 9.82. The van der Waals surface area contributed by atoms with E-state index < -0.39 is 10.0 Å². The van der Waals surface area contributed by atoms with Crippen LogP contribution in [-0.4, -0.2) is 20.8 Å². The Labute approximate surface area is 130 Å². The fourth-order valence-corrected chi connectivity index (χ4v) is 3.30. The molecule has 20 heavy (non-hydrogen) atoms. The van der Waals surface area contributed by atoms with Gasteiger partial charge in [-0.3, -0.25) is 0 Å². The fraction of sp³-hybridized carbons (Fsp3) is 0.538. The Hall–Kier alpha value is -0.490. The molecule has 0 amide bonds. The second-order valence-electron chi connectivity index (χ2n) is 5.81. The van der Waals surface area contributed by atoms with Crippen LogP contribution in [0.15, 0.2) is 18.2 Å². The number of rotatable bonds is 5. The summed E-state index contributed by atoms with van der Waals surface area (Å²) >= 11 is 11.8. The Kier molecular flexibility index (Phi) is 5.72. The summed E-state index contributed by atoms with van der Waals surface area (Å²) in [6.45, 7) is 6.04. The van der Waals surface area contributed by atoms with E-state index in [9.17, 15) is 8.42 Å². The van der Waals surface area contributed by atoms with Crippen LogP contribution in [0.4, 0.5) is 0 Å². The van der Waals surface area contributed by atoms with Gasteiger partial charge in [-0.25, -0.2) is 13.6 Å². The summed E-state index contributed by atoms with van der Waals surface area (Å²) in [6.07, 6.45) is 0. The van der Waals surface area contributed by atoms with Crippen molar-refractivity contribution >= 4 is 33.2 Å². The van der Waals surface area contributed by atoms with Crippen LogP contribution >= 0.6 is 23.2 Å². The predicted molar refractivity (Wildman–Crippen MR) is 82.9 cm³/mol. The van der Waals surface area contributed by atoms with E-state index in [2.05, 4.69) is 0 Å². The fourth-order valence-electron chi connectivity index (χ4n) is 1.64. The maximum Gasteiger partial charge on any atom is 0.209 e. The van der Waals surface area contributed by atoms with Gasteiger partial charge in [0.15, 0.2) is 0 Å². The number of hydrogen-bond donors (Lipinski definition) is 1. The number of ether oxygens (including phenoxy) is 1. The highest BCUT2D eigenvalue weighted by Gasteiger charge is 2.29. The van der Waals surface area contributed by atoms with Gasteiger partial charge < -0.3 is 4.74 Å². The zero-order valence-corrected chi connectivity index (χ0v) is 14.0. The third-order valence-corrected chi connectivity index (χ3v) is 4.25. The molecule has 7 heteroatoms. The first-order valence-corrected chi connectivity index (χ1v) is 8.54. The van der Waals surface area contributed by atoms with Gasteiger partial charge in [-0.1, -0.05) is 44.0 Å². The maximum atomic E-state index is 11.3. The molecule has 0 aliphatic heterocycles. The third kappa shape index (κ3) is 6.31. The Balaban J connectivity index is 2.81. The summed E-state index contributed by atoms with van der Waals surface area (Å²) in [5, 5.41) is 6.05. The van der Waals surface area contributed by atoms with Gasteiger partial charge in [-0.05, 0) is 23.6 Å². The molecule has 114 valence electrons. The van der Waals surface area contributed by atoms with Crippen LogP contribution in [0.1, 0.15) is 20.8 Å². The van der Waals surface area contributed by atoms with E-state index >= 15 is 0 Å². The molecule has 0 aromatic heterocycles. The molecular weight excluding hydrogens is 321 g/mol. The standard InChI is InChI=1S/C13H19Cl2NO3S/c1-13(2,3)9(8-20(16,17)18)7-19-12-5-10(14)4-11(15)6-12/h4-6,9H,7-8H2,1-3H3,(H2,16,17,18). The van der Waals surface area contributed by atoms with Crippen LogP contribution < -0.4 is 9.88 Å². The maximum absolute atomic E-state index is 11.3. The van der Waals surface area contributed by atoms with Gasteiger partial charge >= 0.3 is 0 Å². The van der Waals surface area contributed by atoms with E-state index in [1.165, 1.54) is 0 Å². The molecule has 0 saturated heterocycles. The molecule has 0 saturated carbocycles. The van der Waals surface area contributed by atoms with E-state index in [4.69, 9.17) is 33.1 Å². The molecule has 0 radical (unpaired) electrons. The highest BCUT2D eigenvalue weighted by Crippen LogP contribution is 2.29. The summed E-state index contributed by atoms with van der Waals surface area (Å²) < 4.78 is 28.2. The average Bonchev–Trinajstić information content (AvgIpc) is 2.19. The van der Waals surface area contributed by atoms with Crippen molar-refractivity contribution in [1.82, 2.24) is 0 Å². The molecule has 0 spiro atoms. The predicted octanol–water partition coefficient (Wildman–Crippen LogP) is 3.32. The van der Waals surface area contributed by atoms with Crippen molar-refractivity contribution in [2.45, 2.75) is 20.8 Å². The van der Waals surface area contributed by atoms with Crippen LogP contribution in [0.2, 0.25) is 10.0 Å². The van der Waals surface area contributed by atoms with E-state index in [1.807, 2.05) is 20.8 Å². The Morgan fingerprint density at radius 2 is 1.70 bits per heavy atom. The lowest BCUT2D eigenvalue weighted by Gasteiger charge is -2.29. The van der Waals surface area contributed by atoms with Gasteiger partial charge in [0.25, 0.3) is 0 Å². The molecular formula is C13H19Cl2NO3S. The minimum atomic E-state index is -3.56. The first kappa shape index (κ1) is 17.6. The van der Waals surface area contributed by atoms with Crippen molar-refractivity contribution in [3.8, 4) is 5.75 Å². The molecule has 0 aliphatic rings. The van der Waals surface area contributed by atoms with Crippen LogP contribution in [0.25, 0.3) is 0 Å². The first-order valence-electron chi connectivity index (χ1n) is 6.07.